The van der Waals surface area contributed by atoms with Crippen molar-refractivity contribution in [2.45, 2.75) is 11.8 Å². The van der Waals surface area contributed by atoms with Gasteiger partial charge in [-0.25, -0.2) is 13.4 Å². The van der Waals surface area contributed by atoms with E-state index in [1.165, 1.54) is 10.4 Å². The van der Waals surface area contributed by atoms with Gasteiger partial charge in [-0.1, -0.05) is 6.07 Å². The number of sulfonamides is 1. The van der Waals surface area contributed by atoms with Gasteiger partial charge in [-0.3, -0.25) is 4.79 Å². The highest BCUT2D eigenvalue weighted by Crippen LogP contribution is 2.25. The lowest BCUT2D eigenvalue weighted by molar-refractivity contribution is 0.0730. The van der Waals surface area contributed by atoms with E-state index >= 15 is 0 Å². The molecule has 1 fully saturated rings. The summed E-state index contributed by atoms with van der Waals surface area (Å²) in [5, 5.41) is 14.2. The maximum Gasteiger partial charge on any atom is 0.243 e. The molecule has 0 spiro atoms. The summed E-state index contributed by atoms with van der Waals surface area (Å²) in [4.78, 5) is 20.6. The van der Waals surface area contributed by atoms with E-state index in [-0.39, 0.29) is 16.4 Å². The quantitative estimate of drug-likeness (QED) is 0.220. The van der Waals surface area contributed by atoms with Gasteiger partial charge in [-0.2, -0.15) is 4.31 Å². The fourth-order valence-corrected chi connectivity index (χ4v) is 5.15. The van der Waals surface area contributed by atoms with Gasteiger partial charge in [0.2, 0.25) is 15.8 Å². The molecule has 1 aliphatic rings. The zero-order chi connectivity index (χ0) is 24.3. The number of hydrogen-bond donors (Lipinski definition) is 4. The molecule has 34 heavy (non-hydrogen) atoms. The summed E-state index contributed by atoms with van der Waals surface area (Å²) in [6, 6.07) is 10.1. The van der Waals surface area contributed by atoms with Crippen LogP contribution in [0.3, 0.4) is 0 Å². The van der Waals surface area contributed by atoms with Crippen LogP contribution in [0.25, 0.3) is 11.0 Å². The molecule has 4 rings (SSSR count). The summed E-state index contributed by atoms with van der Waals surface area (Å²) in [7, 11) is -1.98. The summed E-state index contributed by atoms with van der Waals surface area (Å²) in [5.41, 5.74) is 2.10. The number of rotatable bonds is 8. The molecular weight excluding hydrogens is 456 g/mol. The van der Waals surface area contributed by atoms with Crippen LogP contribution in [-0.4, -0.2) is 67.5 Å². The second kappa shape index (κ2) is 9.75. The number of likely N-dealkylation sites (N-methyl/N-ethyl adjacent to an activating group) is 1. The topological polar surface area (TPSA) is 140 Å². The number of pyridine rings is 1. The SMILES string of the molecule is CN/C(=C\C(C)=N)C(=O)c1c[nH]c2nc(Nc3cccc(S(=O)(=O)N4CCOCC4)c3)ccc12. The van der Waals surface area contributed by atoms with E-state index in [1.807, 2.05) is 0 Å². The highest BCUT2D eigenvalue weighted by molar-refractivity contribution is 7.89. The molecule has 0 saturated carbocycles. The number of morpholine rings is 1. The number of aromatic nitrogens is 2. The Morgan fingerprint density at radius 1 is 1.24 bits per heavy atom. The fraction of sp³-hybridized carbons (Fsp3) is 0.261. The van der Waals surface area contributed by atoms with E-state index in [2.05, 4.69) is 20.6 Å². The summed E-state index contributed by atoms with van der Waals surface area (Å²) in [6.07, 6.45) is 3.06. The molecular formula is C23H26N6O4S. The van der Waals surface area contributed by atoms with Crippen LogP contribution in [0, 0.1) is 5.41 Å². The third kappa shape index (κ3) is 4.86. The van der Waals surface area contributed by atoms with Gasteiger partial charge in [-0.05, 0) is 43.3 Å². The minimum atomic E-state index is -3.61. The van der Waals surface area contributed by atoms with E-state index in [0.29, 0.717) is 60.1 Å². The average Bonchev–Trinajstić information content (AvgIpc) is 3.26. The van der Waals surface area contributed by atoms with Gasteiger partial charge in [-0.15, -0.1) is 0 Å². The summed E-state index contributed by atoms with van der Waals surface area (Å²) in [6.45, 7) is 3.02. The first-order chi connectivity index (χ1) is 16.3. The Morgan fingerprint density at radius 2 is 2.00 bits per heavy atom. The first kappa shape index (κ1) is 23.6. The Morgan fingerprint density at radius 3 is 2.71 bits per heavy atom. The second-order valence-electron chi connectivity index (χ2n) is 7.78. The molecule has 4 N–H and O–H groups in total. The number of ether oxygens (including phenoxy) is 1. The van der Waals surface area contributed by atoms with Crippen molar-refractivity contribution in [2.75, 3.05) is 38.7 Å². The van der Waals surface area contributed by atoms with Crippen LogP contribution in [-0.2, 0) is 14.8 Å². The molecule has 0 aliphatic carbocycles. The molecule has 0 unspecified atom stereocenters. The van der Waals surface area contributed by atoms with Gasteiger partial charge >= 0.3 is 0 Å². The number of H-pyrrole nitrogens is 1. The van der Waals surface area contributed by atoms with Crippen LogP contribution in [0.1, 0.15) is 17.3 Å². The number of nitrogens with one attached hydrogen (secondary N) is 4. The van der Waals surface area contributed by atoms with Crippen LogP contribution >= 0.6 is 0 Å². The first-order valence-electron chi connectivity index (χ1n) is 10.7. The molecule has 0 amide bonds. The van der Waals surface area contributed by atoms with Gasteiger partial charge in [0.05, 0.1) is 29.4 Å². The Balaban J connectivity index is 1.57. The van der Waals surface area contributed by atoms with Gasteiger partial charge in [0.1, 0.15) is 11.5 Å². The number of anilines is 2. The zero-order valence-corrected chi connectivity index (χ0v) is 19.7. The highest BCUT2D eigenvalue weighted by Gasteiger charge is 2.26. The third-order valence-electron chi connectivity index (χ3n) is 5.37. The molecule has 1 aromatic carbocycles. The van der Waals surface area contributed by atoms with E-state index in [4.69, 9.17) is 10.1 Å². The van der Waals surface area contributed by atoms with Crippen LogP contribution in [0.2, 0.25) is 0 Å². The Bertz CT molecular complexity index is 1370. The number of aromatic amines is 1. The third-order valence-corrected chi connectivity index (χ3v) is 7.27. The van der Waals surface area contributed by atoms with Crippen LogP contribution in [0.4, 0.5) is 11.5 Å². The minimum absolute atomic E-state index is 0.195. The summed E-state index contributed by atoms with van der Waals surface area (Å²) < 4.78 is 32.6. The normalized spacial score (nSPS) is 15.3. The molecule has 178 valence electrons. The largest absolute Gasteiger partial charge is 0.385 e. The van der Waals surface area contributed by atoms with Crippen molar-refractivity contribution >= 4 is 44.1 Å². The number of ketones is 1. The molecule has 3 aromatic rings. The number of benzene rings is 1. The number of Topliss-reactive ketones (excluding diaryl/α,β-unsaturated/α-hetero) is 1. The number of allylic oxidation sites excluding steroid dienone is 2. The maximum atomic E-state index is 12.9. The summed E-state index contributed by atoms with van der Waals surface area (Å²) in [5.74, 6) is 0.248. The molecule has 10 nitrogen and oxygen atoms in total. The first-order valence-corrected chi connectivity index (χ1v) is 12.2. The van der Waals surface area contributed by atoms with E-state index < -0.39 is 10.0 Å². The van der Waals surface area contributed by atoms with E-state index in [1.54, 1.807) is 56.6 Å². The predicted octanol–water partition coefficient (Wildman–Crippen LogP) is 2.65. The van der Waals surface area contributed by atoms with Gasteiger partial charge in [0.15, 0.2) is 0 Å². The molecule has 1 saturated heterocycles. The molecule has 1 aliphatic heterocycles. The van der Waals surface area contributed by atoms with Gasteiger partial charge in [0, 0.05) is 43.1 Å². The van der Waals surface area contributed by atoms with Crippen molar-refractivity contribution in [2.24, 2.45) is 0 Å². The van der Waals surface area contributed by atoms with Gasteiger partial charge < -0.3 is 25.8 Å². The fourth-order valence-electron chi connectivity index (χ4n) is 3.69. The highest BCUT2D eigenvalue weighted by atomic mass is 32.2. The zero-order valence-electron chi connectivity index (χ0n) is 18.9. The standard InChI is InChI=1S/C23H26N6O4S/c1-15(24)12-20(25-2)22(30)19-14-26-23-18(19)6-7-21(28-23)27-16-4-3-5-17(13-16)34(31,32)29-8-10-33-11-9-29/h3-7,12-14,24-25H,8-11H2,1-2H3,(H2,26,27,28)/b20-12-,24-15?. The summed E-state index contributed by atoms with van der Waals surface area (Å²) >= 11 is 0. The van der Waals surface area contributed by atoms with Crippen molar-refractivity contribution < 1.29 is 17.9 Å². The van der Waals surface area contributed by atoms with Crippen LogP contribution in [0.15, 0.2) is 59.3 Å². The van der Waals surface area contributed by atoms with Crippen molar-refractivity contribution in [3.8, 4) is 0 Å². The van der Waals surface area contributed by atoms with Crippen LogP contribution < -0.4 is 10.6 Å². The number of nitrogens with zero attached hydrogens (tertiary/aromatic N) is 2. The number of carbonyl (C=O) groups is 1. The Kier molecular flexibility index (Phi) is 6.77. The van der Waals surface area contributed by atoms with E-state index in [9.17, 15) is 13.2 Å². The predicted molar refractivity (Wildman–Crippen MR) is 130 cm³/mol. The van der Waals surface area contributed by atoms with E-state index in [0.717, 1.165) is 0 Å². The molecule has 3 heterocycles. The van der Waals surface area contributed by atoms with Crippen molar-refractivity contribution in [3.05, 3.63) is 59.9 Å². The van der Waals surface area contributed by atoms with Crippen molar-refractivity contribution in [3.63, 3.8) is 0 Å². The molecule has 11 heteroatoms. The van der Waals surface area contributed by atoms with Crippen molar-refractivity contribution in [1.29, 1.82) is 5.41 Å². The second-order valence-corrected chi connectivity index (χ2v) is 9.72. The number of hydrogen-bond acceptors (Lipinski definition) is 8. The molecule has 2 aromatic heterocycles. The molecule has 0 atom stereocenters. The Labute approximate surface area is 197 Å². The molecule has 0 bridgehead atoms. The maximum absolute atomic E-state index is 12.9. The number of carbonyl (C=O) groups excluding carboxylic acids is 1. The van der Waals surface area contributed by atoms with Gasteiger partial charge in [0.25, 0.3) is 0 Å². The average molecular weight is 483 g/mol. The van der Waals surface area contributed by atoms with Crippen LogP contribution in [0.5, 0.6) is 0 Å². The monoisotopic (exact) mass is 482 g/mol. The Hall–Kier alpha value is -3.54. The number of fused-ring (bicyclic) bond motifs is 1. The minimum Gasteiger partial charge on any atom is -0.385 e. The smallest absolute Gasteiger partial charge is 0.243 e. The van der Waals surface area contributed by atoms with Crippen molar-refractivity contribution in [1.82, 2.24) is 19.6 Å². The lowest BCUT2D eigenvalue weighted by Gasteiger charge is -2.26. The lowest BCUT2D eigenvalue weighted by atomic mass is 10.1. The molecule has 0 radical (unpaired) electrons. The lowest BCUT2D eigenvalue weighted by Crippen LogP contribution is -2.40.